The van der Waals surface area contributed by atoms with Crippen LogP contribution in [-0.2, 0) is 10.0 Å². The minimum Gasteiger partial charge on any atom is -0.336 e. The van der Waals surface area contributed by atoms with Gasteiger partial charge in [-0.2, -0.15) is 0 Å². The van der Waals surface area contributed by atoms with Crippen LogP contribution in [0.4, 0.5) is 0 Å². The van der Waals surface area contributed by atoms with Crippen LogP contribution in [-0.4, -0.2) is 50.2 Å². The average molecular weight is 359 g/mol. The van der Waals surface area contributed by atoms with Gasteiger partial charge >= 0.3 is 0 Å². The van der Waals surface area contributed by atoms with Crippen molar-refractivity contribution in [1.82, 2.24) is 9.21 Å². The number of likely N-dealkylation sites (tertiary alicyclic amines) is 1. The number of sulfonamides is 1. The Bertz CT molecular complexity index is 689. The number of piperidine rings is 1. The van der Waals surface area contributed by atoms with E-state index in [1.807, 2.05) is 4.90 Å². The molecule has 1 aliphatic heterocycles. The quantitative estimate of drug-likeness (QED) is 0.831. The molecule has 1 saturated heterocycles. The summed E-state index contributed by atoms with van der Waals surface area (Å²) in [5.74, 6) is -0.183. The zero-order valence-electron chi connectivity index (χ0n) is 13.8. The third kappa shape index (κ3) is 3.70. The van der Waals surface area contributed by atoms with Crippen molar-refractivity contribution in [3.05, 3.63) is 28.8 Å². The van der Waals surface area contributed by atoms with Gasteiger partial charge in [0.25, 0.3) is 5.91 Å². The van der Waals surface area contributed by atoms with E-state index < -0.39 is 10.0 Å². The number of hydrogen-bond donors (Lipinski definition) is 0. The highest BCUT2D eigenvalue weighted by atomic mass is 35.5. The fraction of sp³-hybridized carbons (Fsp3) is 0.562. The number of halogens is 1. The van der Waals surface area contributed by atoms with E-state index in [9.17, 15) is 13.2 Å². The Hall–Kier alpha value is -1.11. The maximum absolute atomic E-state index is 12.9. The fourth-order valence-electron chi connectivity index (χ4n) is 2.89. The Kier molecular flexibility index (Phi) is 5.70. The third-order valence-corrected chi connectivity index (χ3v) is 6.45. The second kappa shape index (κ2) is 7.20. The predicted octanol–water partition coefficient (Wildman–Crippen LogP) is 3.00. The van der Waals surface area contributed by atoms with Crippen LogP contribution in [0.5, 0.6) is 0 Å². The van der Waals surface area contributed by atoms with Crippen molar-refractivity contribution in [3.8, 4) is 0 Å². The van der Waals surface area contributed by atoms with Crippen molar-refractivity contribution < 1.29 is 13.2 Å². The average Bonchev–Trinajstić information content (AvgIpc) is 2.54. The van der Waals surface area contributed by atoms with E-state index in [4.69, 9.17) is 11.6 Å². The van der Waals surface area contributed by atoms with Gasteiger partial charge in [0.1, 0.15) is 0 Å². The maximum Gasteiger partial charge on any atom is 0.255 e. The van der Waals surface area contributed by atoms with Crippen LogP contribution in [0.3, 0.4) is 0 Å². The molecule has 1 heterocycles. The molecule has 0 bridgehead atoms. The molecule has 1 atom stereocenters. The third-order valence-electron chi connectivity index (χ3n) is 4.31. The van der Waals surface area contributed by atoms with E-state index in [2.05, 4.69) is 6.92 Å². The van der Waals surface area contributed by atoms with E-state index in [1.54, 1.807) is 0 Å². The molecular weight excluding hydrogens is 336 g/mol. The number of rotatable bonds is 4. The lowest BCUT2D eigenvalue weighted by Gasteiger charge is -2.35. The minimum atomic E-state index is -3.60. The molecule has 0 saturated carbocycles. The summed E-state index contributed by atoms with van der Waals surface area (Å²) in [4.78, 5) is 14.8. The highest BCUT2D eigenvalue weighted by Crippen LogP contribution is 2.27. The molecule has 0 N–H and O–H groups in total. The van der Waals surface area contributed by atoms with Crippen molar-refractivity contribution in [3.63, 3.8) is 0 Å². The molecule has 0 aromatic heterocycles. The number of benzene rings is 1. The largest absolute Gasteiger partial charge is 0.336 e. The number of amides is 1. The van der Waals surface area contributed by atoms with E-state index in [0.717, 1.165) is 30.0 Å². The summed E-state index contributed by atoms with van der Waals surface area (Å²) in [5, 5.41) is 0.285. The van der Waals surface area contributed by atoms with Gasteiger partial charge in [0.15, 0.2) is 0 Å². The van der Waals surface area contributed by atoms with Crippen molar-refractivity contribution in [1.29, 1.82) is 0 Å². The topological polar surface area (TPSA) is 57.7 Å². The first-order chi connectivity index (χ1) is 10.8. The molecule has 0 radical (unpaired) electrons. The van der Waals surface area contributed by atoms with E-state index >= 15 is 0 Å². The first-order valence-corrected chi connectivity index (χ1v) is 9.64. The molecule has 1 aromatic rings. The molecule has 23 heavy (non-hydrogen) atoms. The first kappa shape index (κ1) is 18.2. The molecule has 1 aromatic carbocycles. The Morgan fingerprint density at radius 3 is 2.65 bits per heavy atom. The summed E-state index contributed by atoms with van der Waals surface area (Å²) in [6.45, 7) is 2.75. The second-order valence-corrected chi connectivity index (χ2v) is 8.54. The van der Waals surface area contributed by atoms with Crippen molar-refractivity contribution in [2.45, 2.75) is 43.5 Å². The van der Waals surface area contributed by atoms with Gasteiger partial charge in [0, 0.05) is 26.7 Å². The van der Waals surface area contributed by atoms with Gasteiger partial charge < -0.3 is 4.90 Å². The summed E-state index contributed by atoms with van der Waals surface area (Å²) >= 11 is 6.17. The van der Waals surface area contributed by atoms with Gasteiger partial charge in [-0.25, -0.2) is 12.7 Å². The van der Waals surface area contributed by atoms with Crippen LogP contribution in [0.15, 0.2) is 23.1 Å². The molecular formula is C16H23ClN2O3S. The molecule has 2 rings (SSSR count). The lowest BCUT2D eigenvalue weighted by Crippen LogP contribution is -2.43. The van der Waals surface area contributed by atoms with E-state index in [0.29, 0.717) is 6.54 Å². The van der Waals surface area contributed by atoms with Gasteiger partial charge in [-0.05, 0) is 43.9 Å². The van der Waals surface area contributed by atoms with E-state index in [1.165, 1.54) is 32.3 Å². The van der Waals surface area contributed by atoms with Crippen molar-refractivity contribution in [2.24, 2.45) is 0 Å². The number of hydrogen-bond acceptors (Lipinski definition) is 3. The zero-order valence-corrected chi connectivity index (χ0v) is 15.3. The number of carbonyl (C=O) groups excluding carboxylic acids is 1. The molecule has 0 spiro atoms. The Balaban J connectivity index is 2.40. The van der Waals surface area contributed by atoms with E-state index in [-0.39, 0.29) is 27.4 Å². The monoisotopic (exact) mass is 358 g/mol. The van der Waals surface area contributed by atoms with Gasteiger partial charge in [-0.15, -0.1) is 0 Å². The minimum absolute atomic E-state index is 0.0836. The van der Waals surface area contributed by atoms with Crippen molar-refractivity contribution >= 4 is 27.5 Å². The van der Waals surface area contributed by atoms with Gasteiger partial charge in [-0.3, -0.25) is 4.79 Å². The maximum atomic E-state index is 12.9. The van der Waals surface area contributed by atoms with Crippen LogP contribution in [0.1, 0.15) is 43.0 Å². The summed E-state index contributed by atoms with van der Waals surface area (Å²) in [6.07, 6.45) is 3.95. The summed E-state index contributed by atoms with van der Waals surface area (Å²) in [5.41, 5.74) is 0.259. The van der Waals surface area contributed by atoms with Crippen LogP contribution in [0, 0.1) is 0 Å². The standard InChI is InChI=1S/C16H23ClN2O3S/c1-4-12-7-5-6-10-19(12)16(20)14-11-13(8-9-15(14)17)23(21,22)18(2)3/h8-9,11-12H,4-7,10H2,1-3H3. The lowest BCUT2D eigenvalue weighted by molar-refractivity contribution is 0.0608. The highest BCUT2D eigenvalue weighted by Gasteiger charge is 2.28. The number of carbonyl (C=O) groups is 1. The van der Waals surface area contributed by atoms with Crippen LogP contribution >= 0.6 is 11.6 Å². The smallest absolute Gasteiger partial charge is 0.255 e. The molecule has 7 heteroatoms. The summed E-state index contributed by atoms with van der Waals surface area (Å²) in [6, 6.07) is 4.50. The molecule has 5 nitrogen and oxygen atoms in total. The SMILES string of the molecule is CCC1CCCCN1C(=O)c1cc(S(=O)(=O)N(C)C)ccc1Cl. The number of nitrogens with zero attached hydrogens (tertiary/aromatic N) is 2. The molecule has 1 amide bonds. The molecule has 1 unspecified atom stereocenters. The molecule has 1 fully saturated rings. The van der Waals surface area contributed by atoms with Crippen LogP contribution < -0.4 is 0 Å². The molecule has 0 aliphatic carbocycles. The lowest BCUT2D eigenvalue weighted by atomic mass is 9.99. The Labute approximate surface area is 143 Å². The molecule has 1 aliphatic rings. The highest BCUT2D eigenvalue weighted by molar-refractivity contribution is 7.89. The second-order valence-electron chi connectivity index (χ2n) is 5.99. The van der Waals surface area contributed by atoms with Gasteiger partial charge in [0.05, 0.1) is 15.5 Å². The van der Waals surface area contributed by atoms with Crippen molar-refractivity contribution in [2.75, 3.05) is 20.6 Å². The fourth-order valence-corrected chi connectivity index (χ4v) is 4.01. The van der Waals surface area contributed by atoms with Crippen LogP contribution in [0.25, 0.3) is 0 Å². The Morgan fingerprint density at radius 1 is 1.35 bits per heavy atom. The van der Waals surface area contributed by atoms with Gasteiger partial charge in [-0.1, -0.05) is 18.5 Å². The summed E-state index contributed by atoms with van der Waals surface area (Å²) in [7, 11) is -0.673. The zero-order chi connectivity index (χ0) is 17.2. The predicted molar refractivity (Wildman–Crippen MR) is 91.3 cm³/mol. The Morgan fingerprint density at radius 2 is 2.04 bits per heavy atom. The summed E-state index contributed by atoms with van der Waals surface area (Å²) < 4.78 is 25.7. The van der Waals surface area contributed by atoms with Gasteiger partial charge in [0.2, 0.25) is 10.0 Å². The molecule has 128 valence electrons. The first-order valence-electron chi connectivity index (χ1n) is 7.82. The normalized spacial score (nSPS) is 19.2. The van der Waals surface area contributed by atoms with Crippen LogP contribution in [0.2, 0.25) is 5.02 Å².